The average Bonchev–Trinajstić information content (AvgIpc) is 2.55. The van der Waals surface area contributed by atoms with Crippen molar-refractivity contribution in [3.63, 3.8) is 0 Å². The van der Waals surface area contributed by atoms with Gasteiger partial charge >= 0.3 is 12.2 Å². The molecular formula is C18H25F3N2OS. The second kappa shape index (κ2) is 8.83. The quantitative estimate of drug-likeness (QED) is 0.553. The van der Waals surface area contributed by atoms with Crippen LogP contribution in [0.3, 0.4) is 0 Å². The van der Waals surface area contributed by atoms with Gasteiger partial charge in [-0.15, -0.1) is 11.8 Å². The van der Waals surface area contributed by atoms with Gasteiger partial charge in [-0.05, 0) is 62.0 Å². The van der Waals surface area contributed by atoms with Crippen LogP contribution in [0.25, 0.3) is 0 Å². The largest absolute Gasteiger partial charge is 0.416 e. The molecule has 0 aliphatic heterocycles. The van der Waals surface area contributed by atoms with Crippen molar-refractivity contribution in [2.75, 3.05) is 12.3 Å². The summed E-state index contributed by atoms with van der Waals surface area (Å²) in [5.74, 6) is 1.34. The Labute approximate surface area is 151 Å². The Kier molecular flexibility index (Phi) is 7.04. The Morgan fingerprint density at radius 2 is 1.96 bits per heavy atom. The molecular weight excluding hydrogens is 349 g/mol. The van der Waals surface area contributed by atoms with Crippen LogP contribution in [0.2, 0.25) is 0 Å². The number of carbonyl (C=O) groups excluding carboxylic acids is 1. The molecule has 0 atom stereocenters. The summed E-state index contributed by atoms with van der Waals surface area (Å²) in [7, 11) is 0. The summed E-state index contributed by atoms with van der Waals surface area (Å²) in [5, 5.41) is 0. The van der Waals surface area contributed by atoms with E-state index in [4.69, 9.17) is 5.73 Å². The summed E-state index contributed by atoms with van der Waals surface area (Å²) >= 11 is 1.37. The Morgan fingerprint density at radius 1 is 1.28 bits per heavy atom. The highest BCUT2D eigenvalue weighted by Crippen LogP contribution is 2.32. The van der Waals surface area contributed by atoms with E-state index in [1.54, 1.807) is 11.0 Å². The maximum atomic E-state index is 12.7. The fraction of sp³-hybridized carbons (Fsp3) is 0.611. The van der Waals surface area contributed by atoms with E-state index in [2.05, 4.69) is 6.92 Å². The fourth-order valence-electron chi connectivity index (χ4n) is 3.21. The van der Waals surface area contributed by atoms with Crippen LogP contribution in [0.1, 0.15) is 44.6 Å². The third-order valence-corrected chi connectivity index (χ3v) is 5.76. The van der Waals surface area contributed by atoms with Gasteiger partial charge in [0.15, 0.2) is 0 Å². The SMILES string of the molecule is C[C@H]1CC[C@H](N(CCCSc2cccc(C(F)(F)F)c2)C(N)=O)CC1. The third-order valence-electron chi connectivity index (χ3n) is 4.68. The minimum Gasteiger partial charge on any atom is -0.351 e. The fourth-order valence-corrected chi connectivity index (χ4v) is 4.11. The van der Waals surface area contributed by atoms with Gasteiger partial charge in [0.2, 0.25) is 0 Å². The number of amides is 2. The van der Waals surface area contributed by atoms with Crippen molar-refractivity contribution in [2.24, 2.45) is 11.7 Å². The van der Waals surface area contributed by atoms with E-state index in [1.807, 2.05) is 0 Å². The molecule has 1 aromatic carbocycles. The number of thioether (sulfide) groups is 1. The Hall–Kier alpha value is -1.37. The van der Waals surface area contributed by atoms with Crippen LogP contribution in [-0.2, 0) is 6.18 Å². The molecule has 7 heteroatoms. The summed E-state index contributed by atoms with van der Waals surface area (Å²) in [6.45, 7) is 2.77. The zero-order valence-electron chi connectivity index (χ0n) is 14.4. The number of benzene rings is 1. The van der Waals surface area contributed by atoms with Gasteiger partial charge < -0.3 is 10.6 Å². The highest BCUT2D eigenvalue weighted by atomic mass is 32.2. The Morgan fingerprint density at radius 3 is 2.56 bits per heavy atom. The number of halogens is 3. The van der Waals surface area contributed by atoms with E-state index in [9.17, 15) is 18.0 Å². The summed E-state index contributed by atoms with van der Waals surface area (Å²) < 4.78 is 38.2. The number of rotatable bonds is 6. The number of carbonyl (C=O) groups is 1. The summed E-state index contributed by atoms with van der Waals surface area (Å²) in [4.78, 5) is 14.0. The summed E-state index contributed by atoms with van der Waals surface area (Å²) in [6.07, 6.45) is 0.546. The van der Waals surface area contributed by atoms with E-state index >= 15 is 0 Å². The molecule has 1 aliphatic carbocycles. The van der Waals surface area contributed by atoms with Crippen molar-refractivity contribution in [1.29, 1.82) is 0 Å². The molecule has 0 heterocycles. The van der Waals surface area contributed by atoms with Crippen molar-refractivity contribution in [1.82, 2.24) is 4.90 Å². The Balaban J connectivity index is 1.81. The molecule has 2 rings (SSSR count). The van der Waals surface area contributed by atoms with Crippen LogP contribution >= 0.6 is 11.8 Å². The number of hydrogen-bond acceptors (Lipinski definition) is 2. The molecule has 1 aromatic rings. The average molecular weight is 374 g/mol. The van der Waals surface area contributed by atoms with Crippen LogP contribution in [0, 0.1) is 5.92 Å². The monoisotopic (exact) mass is 374 g/mol. The van der Waals surface area contributed by atoms with Crippen LogP contribution in [-0.4, -0.2) is 29.3 Å². The summed E-state index contributed by atoms with van der Waals surface area (Å²) in [5.41, 5.74) is 4.89. The first-order chi connectivity index (χ1) is 11.8. The molecule has 0 spiro atoms. The van der Waals surface area contributed by atoms with Gasteiger partial charge in [-0.1, -0.05) is 13.0 Å². The molecule has 1 saturated carbocycles. The van der Waals surface area contributed by atoms with Gasteiger partial charge in [0.1, 0.15) is 0 Å². The first kappa shape index (κ1) is 19.9. The van der Waals surface area contributed by atoms with Gasteiger partial charge in [-0.25, -0.2) is 4.79 Å². The normalized spacial score (nSPS) is 21.1. The lowest BCUT2D eigenvalue weighted by molar-refractivity contribution is -0.137. The van der Waals surface area contributed by atoms with Crippen molar-refractivity contribution in [2.45, 2.75) is 56.1 Å². The molecule has 0 radical (unpaired) electrons. The summed E-state index contributed by atoms with van der Waals surface area (Å²) in [6, 6.07) is 5.14. The first-order valence-electron chi connectivity index (χ1n) is 8.63. The van der Waals surface area contributed by atoms with Gasteiger partial charge in [-0.2, -0.15) is 13.2 Å². The molecule has 0 saturated heterocycles. The molecule has 1 aliphatic rings. The molecule has 25 heavy (non-hydrogen) atoms. The van der Waals surface area contributed by atoms with Crippen LogP contribution in [0.4, 0.5) is 18.0 Å². The highest BCUT2D eigenvalue weighted by Gasteiger charge is 2.30. The molecule has 0 bridgehead atoms. The number of urea groups is 1. The number of nitrogens with zero attached hydrogens (tertiary/aromatic N) is 1. The zero-order chi connectivity index (χ0) is 18.4. The molecule has 3 nitrogen and oxygen atoms in total. The van der Waals surface area contributed by atoms with E-state index in [0.717, 1.165) is 31.7 Å². The number of alkyl halides is 3. The predicted molar refractivity (Wildman–Crippen MR) is 94.5 cm³/mol. The minimum atomic E-state index is -4.32. The molecule has 1 fully saturated rings. The van der Waals surface area contributed by atoms with Gasteiger partial charge in [0, 0.05) is 17.5 Å². The maximum Gasteiger partial charge on any atom is 0.416 e. The van der Waals surface area contributed by atoms with Gasteiger partial charge in [0.05, 0.1) is 5.56 Å². The second-order valence-corrected chi connectivity index (χ2v) is 7.84. The van der Waals surface area contributed by atoms with Crippen molar-refractivity contribution >= 4 is 17.8 Å². The Bertz CT molecular complexity index is 572. The molecule has 0 unspecified atom stereocenters. The number of hydrogen-bond donors (Lipinski definition) is 1. The lowest BCUT2D eigenvalue weighted by Crippen LogP contribution is -2.45. The molecule has 140 valence electrons. The lowest BCUT2D eigenvalue weighted by Gasteiger charge is -2.35. The number of nitrogens with two attached hydrogens (primary N) is 1. The maximum absolute atomic E-state index is 12.7. The first-order valence-corrected chi connectivity index (χ1v) is 9.62. The highest BCUT2D eigenvalue weighted by molar-refractivity contribution is 7.99. The second-order valence-electron chi connectivity index (χ2n) is 6.67. The van der Waals surface area contributed by atoms with Crippen LogP contribution < -0.4 is 5.73 Å². The van der Waals surface area contributed by atoms with E-state index in [1.165, 1.54) is 23.9 Å². The predicted octanol–water partition coefficient (Wildman–Crippen LogP) is 5.15. The molecule has 2 N–H and O–H groups in total. The van der Waals surface area contributed by atoms with Crippen LogP contribution in [0.15, 0.2) is 29.2 Å². The van der Waals surface area contributed by atoms with Crippen molar-refractivity contribution in [3.8, 4) is 0 Å². The lowest BCUT2D eigenvalue weighted by atomic mass is 9.86. The zero-order valence-corrected chi connectivity index (χ0v) is 15.2. The van der Waals surface area contributed by atoms with E-state index in [-0.39, 0.29) is 6.04 Å². The van der Waals surface area contributed by atoms with Crippen molar-refractivity contribution in [3.05, 3.63) is 29.8 Å². The number of primary amides is 1. The molecule has 0 aromatic heterocycles. The van der Waals surface area contributed by atoms with Gasteiger partial charge in [-0.3, -0.25) is 0 Å². The third kappa shape index (κ3) is 6.13. The van der Waals surface area contributed by atoms with Gasteiger partial charge in [0.25, 0.3) is 0 Å². The topological polar surface area (TPSA) is 46.3 Å². The minimum absolute atomic E-state index is 0.201. The van der Waals surface area contributed by atoms with E-state index in [0.29, 0.717) is 29.5 Å². The van der Waals surface area contributed by atoms with E-state index < -0.39 is 17.8 Å². The standard InChI is InChI=1S/C18H25F3N2OS/c1-13-6-8-15(9-7-13)23(17(22)24)10-3-11-25-16-5-2-4-14(12-16)18(19,20)21/h2,4-5,12-13,15H,3,6-11H2,1H3,(H2,22,24)/t13-,15-. The van der Waals surface area contributed by atoms with Crippen LogP contribution in [0.5, 0.6) is 0 Å². The smallest absolute Gasteiger partial charge is 0.351 e. The molecule has 2 amide bonds. The van der Waals surface area contributed by atoms with Crippen molar-refractivity contribution < 1.29 is 18.0 Å².